The minimum Gasteiger partial charge on any atom is -0.379 e. The van der Waals surface area contributed by atoms with Crippen LogP contribution in [0.15, 0.2) is 16.9 Å². The number of ether oxygens (including phenoxy) is 1. The Morgan fingerprint density at radius 3 is 2.72 bits per heavy atom. The molecule has 1 aromatic rings. The lowest BCUT2D eigenvalue weighted by atomic mass is 9.94. The van der Waals surface area contributed by atoms with Crippen LogP contribution in [-0.4, -0.2) is 78.6 Å². The predicted octanol–water partition coefficient (Wildman–Crippen LogP) is 1.04. The smallest absolute Gasteiger partial charge is 0.245 e. The lowest BCUT2D eigenvalue weighted by molar-refractivity contribution is -0.142. The van der Waals surface area contributed by atoms with Crippen LogP contribution >= 0.6 is 11.6 Å². The van der Waals surface area contributed by atoms with Crippen molar-refractivity contribution < 1.29 is 18.8 Å². The van der Waals surface area contributed by atoms with Crippen molar-refractivity contribution in [1.29, 1.82) is 0 Å². The van der Waals surface area contributed by atoms with Crippen molar-refractivity contribution in [3.63, 3.8) is 0 Å². The Labute approximate surface area is 152 Å². The monoisotopic (exact) mass is 372 g/mol. The molecule has 1 aromatic heterocycles. The Kier molecular flexibility index (Phi) is 7.22. The number of alkyl halides is 1. The topological polar surface area (TPSA) is 87.9 Å². The van der Waals surface area contributed by atoms with Gasteiger partial charge in [-0.2, -0.15) is 0 Å². The van der Waals surface area contributed by atoms with Gasteiger partial charge in [0.15, 0.2) is 5.82 Å². The predicted molar refractivity (Wildman–Crippen MR) is 93.5 cm³/mol. The summed E-state index contributed by atoms with van der Waals surface area (Å²) in [5.74, 6) is 0.0352. The minimum absolute atomic E-state index is 0.0592. The van der Waals surface area contributed by atoms with Gasteiger partial charge < -0.3 is 19.5 Å². The highest BCUT2D eigenvalue weighted by atomic mass is 35.5. The Bertz CT molecular complexity index is 558. The van der Waals surface area contributed by atoms with Gasteiger partial charge >= 0.3 is 0 Å². The third-order valence-corrected chi connectivity index (χ3v) is 4.70. The summed E-state index contributed by atoms with van der Waals surface area (Å²) in [6.07, 6.45) is 1.37. The molecule has 140 valence electrons. The van der Waals surface area contributed by atoms with Crippen LogP contribution in [0.3, 0.4) is 0 Å². The summed E-state index contributed by atoms with van der Waals surface area (Å²) in [6.45, 7) is 7.66. The van der Waals surface area contributed by atoms with Gasteiger partial charge in [-0.3, -0.25) is 14.5 Å². The number of anilines is 1. The molecule has 1 aliphatic heterocycles. The number of nitrogens with zero attached hydrogens (tertiary/aromatic N) is 3. The summed E-state index contributed by atoms with van der Waals surface area (Å²) in [7, 11) is 0. The summed E-state index contributed by atoms with van der Waals surface area (Å²) in [5, 5.41) is 6.25. The first kappa shape index (κ1) is 19.7. The molecule has 8 nitrogen and oxygen atoms in total. The van der Waals surface area contributed by atoms with E-state index in [1.165, 1.54) is 6.26 Å². The van der Waals surface area contributed by atoms with E-state index < -0.39 is 5.41 Å². The zero-order valence-corrected chi connectivity index (χ0v) is 15.4. The van der Waals surface area contributed by atoms with Gasteiger partial charge in [0, 0.05) is 38.1 Å². The number of morpholine rings is 1. The lowest BCUT2D eigenvalue weighted by Gasteiger charge is -2.33. The minimum atomic E-state index is -0.735. The van der Waals surface area contributed by atoms with E-state index in [4.69, 9.17) is 16.3 Å². The molecule has 1 aliphatic rings. The molecule has 0 saturated carbocycles. The number of rotatable bonds is 8. The van der Waals surface area contributed by atoms with E-state index in [0.717, 1.165) is 13.1 Å². The van der Waals surface area contributed by atoms with Crippen LogP contribution in [-0.2, 0) is 14.3 Å². The fourth-order valence-corrected chi connectivity index (χ4v) is 2.57. The highest BCUT2D eigenvalue weighted by Crippen LogP contribution is 2.21. The Morgan fingerprint density at radius 2 is 2.12 bits per heavy atom. The zero-order chi connectivity index (χ0) is 18.3. The van der Waals surface area contributed by atoms with E-state index in [2.05, 4.69) is 19.9 Å². The number of carbonyl (C=O) groups is 2. The first-order chi connectivity index (χ1) is 11.9. The summed E-state index contributed by atoms with van der Waals surface area (Å²) in [5.41, 5.74) is -0.735. The van der Waals surface area contributed by atoms with Crippen LogP contribution in [0.5, 0.6) is 0 Å². The average molecular weight is 373 g/mol. The van der Waals surface area contributed by atoms with Gasteiger partial charge in [-0.15, -0.1) is 11.6 Å². The van der Waals surface area contributed by atoms with E-state index in [1.807, 2.05) is 0 Å². The van der Waals surface area contributed by atoms with Crippen LogP contribution < -0.4 is 5.32 Å². The maximum Gasteiger partial charge on any atom is 0.245 e. The van der Waals surface area contributed by atoms with Crippen LogP contribution in [0.1, 0.15) is 13.8 Å². The van der Waals surface area contributed by atoms with Crippen molar-refractivity contribution in [1.82, 2.24) is 15.0 Å². The molecule has 0 radical (unpaired) electrons. The molecule has 0 spiro atoms. The number of hydrogen-bond acceptors (Lipinski definition) is 6. The van der Waals surface area contributed by atoms with E-state index in [-0.39, 0.29) is 24.2 Å². The van der Waals surface area contributed by atoms with Crippen molar-refractivity contribution in [3.8, 4) is 0 Å². The molecule has 1 N–H and O–H groups in total. The standard InChI is InChI=1S/C16H25ClN4O4/c1-16(2,12-17)15(23)21(5-4-20-6-9-24-10-7-20)11-14(22)18-13-3-8-25-19-13/h3,8H,4-7,9-12H2,1-2H3,(H,18,19,22). The van der Waals surface area contributed by atoms with Gasteiger partial charge in [-0.1, -0.05) is 5.16 Å². The van der Waals surface area contributed by atoms with Crippen molar-refractivity contribution in [3.05, 3.63) is 12.3 Å². The maximum absolute atomic E-state index is 12.8. The normalized spacial score (nSPS) is 15.8. The molecule has 0 bridgehead atoms. The quantitative estimate of drug-likeness (QED) is 0.686. The highest BCUT2D eigenvalue weighted by Gasteiger charge is 2.32. The molecule has 2 heterocycles. The zero-order valence-electron chi connectivity index (χ0n) is 14.7. The van der Waals surface area contributed by atoms with Crippen LogP contribution in [0.4, 0.5) is 5.82 Å². The summed E-state index contributed by atoms with van der Waals surface area (Å²) in [6, 6.07) is 1.54. The fraction of sp³-hybridized carbons (Fsp3) is 0.688. The Hall–Kier alpha value is -1.64. The van der Waals surface area contributed by atoms with Gasteiger partial charge in [0.1, 0.15) is 6.26 Å². The first-order valence-corrected chi connectivity index (χ1v) is 8.81. The van der Waals surface area contributed by atoms with Gasteiger partial charge in [-0.25, -0.2) is 0 Å². The van der Waals surface area contributed by atoms with E-state index >= 15 is 0 Å². The van der Waals surface area contributed by atoms with E-state index in [9.17, 15) is 9.59 Å². The molecule has 2 amide bonds. The first-order valence-electron chi connectivity index (χ1n) is 8.28. The van der Waals surface area contributed by atoms with Crippen LogP contribution in [0.2, 0.25) is 0 Å². The van der Waals surface area contributed by atoms with Crippen molar-refractivity contribution in [2.75, 3.05) is 57.1 Å². The number of carbonyl (C=O) groups excluding carboxylic acids is 2. The second-order valence-corrected chi connectivity index (χ2v) is 6.90. The Balaban J connectivity index is 1.97. The molecule has 0 atom stereocenters. The molecule has 9 heteroatoms. The second-order valence-electron chi connectivity index (χ2n) is 6.63. The second kappa shape index (κ2) is 9.17. The molecule has 2 rings (SSSR count). The summed E-state index contributed by atoms with van der Waals surface area (Å²) >= 11 is 5.94. The summed E-state index contributed by atoms with van der Waals surface area (Å²) in [4.78, 5) is 28.8. The van der Waals surface area contributed by atoms with Gasteiger partial charge in [0.2, 0.25) is 11.8 Å². The molecule has 0 aromatic carbocycles. The number of nitrogens with one attached hydrogen (secondary N) is 1. The molecular formula is C16H25ClN4O4. The third-order valence-electron chi connectivity index (χ3n) is 4.03. The lowest BCUT2D eigenvalue weighted by Crippen LogP contribution is -2.49. The largest absolute Gasteiger partial charge is 0.379 e. The maximum atomic E-state index is 12.8. The van der Waals surface area contributed by atoms with Gasteiger partial charge in [-0.05, 0) is 13.8 Å². The molecular weight excluding hydrogens is 348 g/mol. The molecule has 1 saturated heterocycles. The Morgan fingerprint density at radius 1 is 1.40 bits per heavy atom. The SMILES string of the molecule is CC(C)(CCl)C(=O)N(CCN1CCOCC1)CC(=O)Nc1ccon1. The van der Waals surface area contributed by atoms with Crippen LogP contribution in [0, 0.1) is 5.41 Å². The van der Waals surface area contributed by atoms with Crippen molar-refractivity contribution in [2.24, 2.45) is 5.41 Å². The molecule has 1 fully saturated rings. The number of hydrogen-bond donors (Lipinski definition) is 1. The molecule has 0 unspecified atom stereocenters. The highest BCUT2D eigenvalue weighted by molar-refractivity contribution is 6.19. The summed E-state index contributed by atoms with van der Waals surface area (Å²) < 4.78 is 10.0. The number of amides is 2. The van der Waals surface area contributed by atoms with Gasteiger partial charge in [0.25, 0.3) is 0 Å². The van der Waals surface area contributed by atoms with E-state index in [1.54, 1.807) is 24.8 Å². The number of aromatic nitrogens is 1. The average Bonchev–Trinajstić information content (AvgIpc) is 3.11. The van der Waals surface area contributed by atoms with Crippen molar-refractivity contribution >= 4 is 29.2 Å². The van der Waals surface area contributed by atoms with Crippen molar-refractivity contribution in [2.45, 2.75) is 13.8 Å². The third kappa shape index (κ3) is 5.98. The molecule has 0 aliphatic carbocycles. The molecule has 25 heavy (non-hydrogen) atoms. The number of halogens is 1. The van der Waals surface area contributed by atoms with Gasteiger partial charge in [0.05, 0.1) is 25.2 Å². The van der Waals surface area contributed by atoms with E-state index in [0.29, 0.717) is 32.1 Å². The fourth-order valence-electron chi connectivity index (χ4n) is 2.46. The van der Waals surface area contributed by atoms with Crippen LogP contribution in [0.25, 0.3) is 0 Å².